The van der Waals surface area contributed by atoms with Gasteiger partial charge in [0.25, 0.3) is 0 Å². The standard InChI is InChI=1S/C40H42ClFN6O4/c1-51-39-35-21(9-13-29(35)43-19-23-11-15-33(49)45-23)17-31(47-39)27-7-3-5-25(37(27)41)26-6-4-8-28(38(26)42)32-18-22-10-14-30(36(22)40(48-32)52-2)44-20-24-12-16-34(50)46-24/h3-8,17-18,23-24,29-30,43-44H,9-16,19-20H2,1-2H3,(H,45,49)(H,46,50)/t23-,24-,29+,30+/m0/s1. The minimum absolute atomic E-state index is 0.0384. The fraction of sp³-hybridized carbons (Fsp3) is 0.400. The summed E-state index contributed by atoms with van der Waals surface area (Å²) in [5.74, 6) is 0.779. The van der Waals surface area contributed by atoms with Crippen LogP contribution in [-0.4, -0.2) is 61.2 Å². The van der Waals surface area contributed by atoms with Gasteiger partial charge in [-0.3, -0.25) is 9.59 Å². The molecule has 8 rings (SSSR count). The number of methoxy groups -OCH3 is 2. The van der Waals surface area contributed by atoms with Crippen LogP contribution in [0.2, 0.25) is 5.02 Å². The van der Waals surface area contributed by atoms with E-state index >= 15 is 4.39 Å². The van der Waals surface area contributed by atoms with Crippen LogP contribution in [0, 0.1) is 5.82 Å². The molecule has 0 radical (unpaired) electrons. The number of carbonyl (C=O) groups is 2. The third-order valence-electron chi connectivity index (χ3n) is 10.9. The maximum atomic E-state index is 16.6. The summed E-state index contributed by atoms with van der Waals surface area (Å²) in [6.45, 7) is 1.36. The zero-order valence-corrected chi connectivity index (χ0v) is 30.0. The first-order valence-corrected chi connectivity index (χ1v) is 18.5. The van der Waals surface area contributed by atoms with Gasteiger partial charge in [-0.1, -0.05) is 41.9 Å². The molecule has 2 aromatic heterocycles. The normalized spacial score (nSPS) is 21.9. The highest BCUT2D eigenvalue weighted by molar-refractivity contribution is 6.36. The fourth-order valence-electron chi connectivity index (χ4n) is 8.31. The van der Waals surface area contributed by atoms with Gasteiger partial charge in [0, 0.05) is 83.5 Å². The van der Waals surface area contributed by atoms with E-state index in [1.807, 2.05) is 30.3 Å². The number of halogens is 2. The van der Waals surface area contributed by atoms with Crippen LogP contribution in [0.25, 0.3) is 33.6 Å². The highest BCUT2D eigenvalue weighted by atomic mass is 35.5. The largest absolute Gasteiger partial charge is 0.481 e. The predicted octanol–water partition coefficient (Wildman–Crippen LogP) is 6.00. The number of nitrogens with one attached hydrogen (secondary N) is 4. The topological polar surface area (TPSA) is 126 Å². The maximum absolute atomic E-state index is 16.6. The summed E-state index contributed by atoms with van der Waals surface area (Å²) in [4.78, 5) is 33.0. The Hall–Kier alpha value is -4.58. The summed E-state index contributed by atoms with van der Waals surface area (Å²) in [6, 6.07) is 15.2. The summed E-state index contributed by atoms with van der Waals surface area (Å²) in [5.41, 5.74) is 7.33. The molecule has 4 aromatic rings. The van der Waals surface area contributed by atoms with Crippen molar-refractivity contribution in [1.29, 1.82) is 0 Å². The van der Waals surface area contributed by atoms with Gasteiger partial charge < -0.3 is 30.7 Å². The van der Waals surface area contributed by atoms with E-state index in [-0.39, 0.29) is 36.0 Å². The van der Waals surface area contributed by atoms with Crippen molar-refractivity contribution in [2.75, 3.05) is 27.3 Å². The Balaban J connectivity index is 1.07. The molecule has 2 aliphatic carbocycles. The van der Waals surface area contributed by atoms with Crippen LogP contribution in [0.4, 0.5) is 4.39 Å². The van der Waals surface area contributed by atoms with E-state index in [2.05, 4.69) is 27.3 Å². The smallest absolute Gasteiger partial charge is 0.220 e. The summed E-state index contributed by atoms with van der Waals surface area (Å²) in [5, 5.41) is 13.6. The molecule has 4 atom stereocenters. The van der Waals surface area contributed by atoms with Gasteiger partial charge in [0.2, 0.25) is 23.6 Å². The van der Waals surface area contributed by atoms with Crippen LogP contribution >= 0.6 is 11.6 Å². The van der Waals surface area contributed by atoms with Crippen molar-refractivity contribution in [2.45, 2.75) is 75.5 Å². The van der Waals surface area contributed by atoms with Crippen LogP contribution < -0.4 is 30.7 Å². The van der Waals surface area contributed by atoms with Gasteiger partial charge in [0.05, 0.1) is 30.6 Å². The first-order chi connectivity index (χ1) is 25.3. The number of ether oxygens (including phenoxy) is 2. The van der Waals surface area contributed by atoms with Crippen molar-refractivity contribution >= 4 is 23.4 Å². The molecule has 0 bridgehead atoms. The van der Waals surface area contributed by atoms with E-state index in [1.165, 1.54) is 0 Å². The van der Waals surface area contributed by atoms with Crippen LogP contribution in [0.15, 0.2) is 48.5 Å². The van der Waals surface area contributed by atoms with E-state index in [0.717, 1.165) is 60.8 Å². The van der Waals surface area contributed by atoms with Crippen LogP contribution in [0.5, 0.6) is 11.8 Å². The van der Waals surface area contributed by atoms with Gasteiger partial charge in [0.1, 0.15) is 5.82 Å². The van der Waals surface area contributed by atoms with E-state index in [1.54, 1.807) is 26.4 Å². The van der Waals surface area contributed by atoms with Gasteiger partial charge >= 0.3 is 0 Å². The second kappa shape index (κ2) is 14.4. The lowest BCUT2D eigenvalue weighted by molar-refractivity contribution is -0.120. The van der Waals surface area contributed by atoms with Gasteiger partial charge in [0.15, 0.2) is 0 Å². The quantitative estimate of drug-likeness (QED) is 0.149. The molecule has 2 fully saturated rings. The molecule has 2 aliphatic heterocycles. The second-order valence-corrected chi connectivity index (χ2v) is 14.5. The van der Waals surface area contributed by atoms with Crippen LogP contribution in [-0.2, 0) is 22.4 Å². The third kappa shape index (κ3) is 6.50. The second-order valence-electron chi connectivity index (χ2n) is 14.1. The molecule has 4 N–H and O–H groups in total. The Morgan fingerprint density at radius 3 is 1.69 bits per heavy atom. The van der Waals surface area contributed by atoms with E-state index in [9.17, 15) is 9.59 Å². The molecule has 4 heterocycles. The van der Waals surface area contributed by atoms with Gasteiger partial charge in [-0.05, 0) is 67.9 Å². The average molecular weight is 725 g/mol. The summed E-state index contributed by atoms with van der Waals surface area (Å²) < 4.78 is 28.2. The minimum atomic E-state index is -0.424. The lowest BCUT2D eigenvalue weighted by Gasteiger charge is -2.20. The zero-order chi connectivity index (χ0) is 35.9. The summed E-state index contributed by atoms with van der Waals surface area (Å²) >= 11 is 7.12. The van der Waals surface area contributed by atoms with E-state index < -0.39 is 5.82 Å². The predicted molar refractivity (Wildman–Crippen MR) is 197 cm³/mol. The lowest BCUT2D eigenvalue weighted by atomic mass is 9.96. The summed E-state index contributed by atoms with van der Waals surface area (Å²) in [6.07, 6.45) is 6.18. The van der Waals surface area contributed by atoms with Crippen LogP contribution in [0.3, 0.4) is 0 Å². The fourth-order valence-corrected chi connectivity index (χ4v) is 8.64. The van der Waals surface area contributed by atoms with Gasteiger partial charge in [-0.2, -0.15) is 0 Å². The highest BCUT2D eigenvalue weighted by Gasteiger charge is 2.32. The number of aromatic nitrogens is 2. The van der Waals surface area contributed by atoms with Crippen LogP contribution in [0.1, 0.15) is 72.9 Å². The molecule has 2 aromatic carbocycles. The van der Waals surface area contributed by atoms with Crippen molar-refractivity contribution in [1.82, 2.24) is 31.2 Å². The Bertz CT molecular complexity index is 1910. The molecule has 2 saturated heterocycles. The minimum Gasteiger partial charge on any atom is -0.481 e. The number of aryl methyl sites for hydroxylation is 2. The first-order valence-electron chi connectivity index (χ1n) is 18.1. The molecule has 4 aliphatic rings. The van der Waals surface area contributed by atoms with Gasteiger partial charge in [-0.15, -0.1) is 0 Å². The van der Waals surface area contributed by atoms with E-state index in [4.69, 9.17) is 31.0 Å². The maximum Gasteiger partial charge on any atom is 0.220 e. The van der Waals surface area contributed by atoms with E-state index in [0.29, 0.717) is 76.4 Å². The molecule has 0 unspecified atom stereocenters. The molecule has 270 valence electrons. The molecule has 12 heteroatoms. The highest BCUT2D eigenvalue weighted by Crippen LogP contribution is 2.44. The average Bonchev–Trinajstić information content (AvgIpc) is 3.96. The lowest BCUT2D eigenvalue weighted by Crippen LogP contribution is -2.37. The first kappa shape index (κ1) is 34.5. The number of benzene rings is 2. The number of hydrogen-bond donors (Lipinski definition) is 4. The van der Waals surface area contributed by atoms with Crippen molar-refractivity contribution in [2.24, 2.45) is 0 Å². The Morgan fingerprint density at radius 2 is 1.19 bits per heavy atom. The molecule has 0 saturated carbocycles. The van der Waals surface area contributed by atoms with Crippen molar-refractivity contribution in [3.05, 3.63) is 81.6 Å². The number of carbonyl (C=O) groups excluding carboxylic acids is 2. The van der Waals surface area contributed by atoms with Crippen molar-refractivity contribution in [3.8, 4) is 45.4 Å². The molecule has 0 spiro atoms. The molecule has 10 nitrogen and oxygen atoms in total. The molecular formula is C40H42ClFN6O4. The Morgan fingerprint density at radius 1 is 0.712 bits per heavy atom. The third-order valence-corrected chi connectivity index (χ3v) is 11.3. The zero-order valence-electron chi connectivity index (χ0n) is 29.3. The number of amides is 2. The number of nitrogens with zero attached hydrogens (tertiary/aromatic N) is 2. The molecule has 52 heavy (non-hydrogen) atoms. The molecular weight excluding hydrogens is 683 g/mol. The van der Waals surface area contributed by atoms with Crippen molar-refractivity contribution in [3.63, 3.8) is 0 Å². The number of rotatable bonds is 11. The Labute approximate surface area is 307 Å². The Kier molecular flexibility index (Phi) is 9.58. The monoisotopic (exact) mass is 724 g/mol. The van der Waals surface area contributed by atoms with Gasteiger partial charge in [-0.25, -0.2) is 14.4 Å². The van der Waals surface area contributed by atoms with Crippen molar-refractivity contribution < 1.29 is 23.5 Å². The molecule has 2 amide bonds. The number of fused-ring (bicyclic) bond motifs is 2. The summed E-state index contributed by atoms with van der Waals surface area (Å²) in [7, 11) is 3.21. The number of hydrogen-bond acceptors (Lipinski definition) is 8. The number of pyridine rings is 2. The SMILES string of the molecule is COc1nc(-c2cccc(-c3cccc(-c4cc5c(c(OC)n4)[C@H](NC[C@@H]4CCC(=O)N4)CC5)c3Cl)c2F)cc2c1[C@H](NC[C@@H]1CCC(=O)N1)CC2.